The third-order valence-corrected chi connectivity index (χ3v) is 5.46. The first-order valence-corrected chi connectivity index (χ1v) is 10.9. The quantitative estimate of drug-likeness (QED) is 0.384. The Kier molecular flexibility index (Phi) is 7.20. The van der Waals surface area contributed by atoms with Gasteiger partial charge >= 0.3 is 0 Å². The van der Waals surface area contributed by atoms with E-state index in [1.165, 1.54) is 33.4 Å². The molecule has 0 aliphatic heterocycles. The summed E-state index contributed by atoms with van der Waals surface area (Å²) in [4.78, 5) is 0. The van der Waals surface area contributed by atoms with Gasteiger partial charge in [-0.3, -0.25) is 0 Å². The lowest BCUT2D eigenvalue weighted by molar-refractivity contribution is 0.289. The lowest BCUT2D eigenvalue weighted by atomic mass is 9.88. The summed E-state index contributed by atoms with van der Waals surface area (Å²) < 4.78 is 12.2. The molecular weight excluding hydrogens is 368 g/mol. The molecule has 158 valence electrons. The maximum atomic E-state index is 6.17. The van der Waals surface area contributed by atoms with Gasteiger partial charge in [0.1, 0.15) is 24.7 Å². The number of benzene rings is 3. The monoisotopic (exact) mass is 402 g/mol. The van der Waals surface area contributed by atoms with Crippen molar-refractivity contribution in [1.82, 2.24) is 0 Å². The summed E-state index contributed by atoms with van der Waals surface area (Å²) in [5.41, 5.74) is 7.81. The molecule has 0 aliphatic rings. The van der Waals surface area contributed by atoms with Crippen LogP contribution in [0.25, 0.3) is 0 Å². The smallest absolute Gasteiger partial charge is 0.123 e. The summed E-state index contributed by atoms with van der Waals surface area (Å²) in [6.45, 7) is 14.4. The van der Waals surface area contributed by atoms with Crippen LogP contribution in [0, 0.1) is 13.8 Å². The van der Waals surface area contributed by atoms with Gasteiger partial charge in [0.15, 0.2) is 0 Å². The lowest BCUT2D eigenvalue weighted by Gasteiger charge is -2.19. The fourth-order valence-electron chi connectivity index (χ4n) is 3.87. The van der Waals surface area contributed by atoms with E-state index in [1.807, 2.05) is 24.3 Å². The average Bonchev–Trinajstić information content (AvgIpc) is 2.70. The summed E-state index contributed by atoms with van der Waals surface area (Å²) in [5.74, 6) is 2.65. The Morgan fingerprint density at radius 3 is 1.93 bits per heavy atom. The van der Waals surface area contributed by atoms with E-state index in [-0.39, 0.29) is 0 Å². The molecule has 0 radical (unpaired) electrons. The standard InChI is InChI=1S/C28H34O2/c1-19(2)27-16-28(20(3)4)24(14-22(27)6)18-30-26-12-8-11-25(15-26)29-17-23-10-7-9-21(5)13-23/h7-16,19-20H,17-18H2,1-6H3. The number of ether oxygens (including phenoxy) is 2. The van der Waals surface area contributed by atoms with E-state index in [1.54, 1.807) is 0 Å². The highest BCUT2D eigenvalue weighted by molar-refractivity contribution is 5.41. The second-order valence-corrected chi connectivity index (χ2v) is 8.76. The second kappa shape index (κ2) is 9.84. The zero-order valence-electron chi connectivity index (χ0n) is 19.2. The van der Waals surface area contributed by atoms with Gasteiger partial charge < -0.3 is 9.47 Å². The maximum absolute atomic E-state index is 6.17. The second-order valence-electron chi connectivity index (χ2n) is 8.76. The molecule has 0 unspecified atom stereocenters. The van der Waals surface area contributed by atoms with Gasteiger partial charge in [0.25, 0.3) is 0 Å². The zero-order valence-corrected chi connectivity index (χ0v) is 19.2. The van der Waals surface area contributed by atoms with Crippen molar-refractivity contribution in [3.8, 4) is 11.5 Å². The highest BCUT2D eigenvalue weighted by Crippen LogP contribution is 2.29. The van der Waals surface area contributed by atoms with Crippen LogP contribution < -0.4 is 9.47 Å². The summed E-state index contributed by atoms with van der Waals surface area (Å²) >= 11 is 0. The number of aryl methyl sites for hydroxylation is 2. The molecule has 2 nitrogen and oxygen atoms in total. The largest absolute Gasteiger partial charge is 0.489 e. The molecule has 0 fully saturated rings. The SMILES string of the molecule is Cc1cccc(COc2cccc(OCc3cc(C)c(C(C)C)cc3C(C)C)c2)c1. The molecular formula is C28H34O2. The topological polar surface area (TPSA) is 18.5 Å². The summed E-state index contributed by atoms with van der Waals surface area (Å²) in [7, 11) is 0. The molecule has 0 heterocycles. The highest BCUT2D eigenvalue weighted by atomic mass is 16.5. The van der Waals surface area contributed by atoms with Crippen molar-refractivity contribution in [2.24, 2.45) is 0 Å². The van der Waals surface area contributed by atoms with Crippen molar-refractivity contribution in [3.63, 3.8) is 0 Å². The minimum absolute atomic E-state index is 0.464. The molecule has 30 heavy (non-hydrogen) atoms. The Morgan fingerprint density at radius 2 is 1.30 bits per heavy atom. The minimum atomic E-state index is 0.464. The van der Waals surface area contributed by atoms with Crippen LogP contribution in [-0.2, 0) is 13.2 Å². The predicted molar refractivity (Wildman–Crippen MR) is 126 cm³/mol. The van der Waals surface area contributed by atoms with E-state index >= 15 is 0 Å². The van der Waals surface area contributed by atoms with Crippen molar-refractivity contribution in [2.45, 2.75) is 66.6 Å². The Hall–Kier alpha value is -2.74. The van der Waals surface area contributed by atoms with E-state index in [2.05, 4.69) is 77.9 Å². The molecule has 0 bridgehead atoms. The maximum Gasteiger partial charge on any atom is 0.123 e. The minimum Gasteiger partial charge on any atom is -0.489 e. The van der Waals surface area contributed by atoms with Gasteiger partial charge in [-0.1, -0.05) is 75.7 Å². The molecule has 0 saturated heterocycles. The molecule has 0 atom stereocenters. The number of hydrogen-bond acceptors (Lipinski definition) is 2. The molecule has 0 amide bonds. The van der Waals surface area contributed by atoms with Gasteiger partial charge in [0.05, 0.1) is 0 Å². The molecule has 2 heteroatoms. The molecule has 0 spiro atoms. The molecule has 0 aromatic heterocycles. The summed E-state index contributed by atoms with van der Waals surface area (Å²) in [6.07, 6.45) is 0. The van der Waals surface area contributed by atoms with Gasteiger partial charge in [0, 0.05) is 6.07 Å². The van der Waals surface area contributed by atoms with Crippen molar-refractivity contribution in [3.05, 3.63) is 94.0 Å². The van der Waals surface area contributed by atoms with Gasteiger partial charge in [-0.2, -0.15) is 0 Å². The van der Waals surface area contributed by atoms with E-state index < -0.39 is 0 Å². The van der Waals surface area contributed by atoms with Crippen LogP contribution in [0.5, 0.6) is 11.5 Å². The first-order chi connectivity index (χ1) is 14.3. The fraction of sp³-hybridized carbons (Fsp3) is 0.357. The Bertz CT molecular complexity index is 986. The zero-order chi connectivity index (χ0) is 21.7. The van der Waals surface area contributed by atoms with Crippen LogP contribution in [0.3, 0.4) is 0 Å². The first kappa shape index (κ1) is 22.0. The van der Waals surface area contributed by atoms with E-state index in [0.717, 1.165) is 11.5 Å². The van der Waals surface area contributed by atoms with Crippen molar-refractivity contribution in [2.75, 3.05) is 0 Å². The highest BCUT2D eigenvalue weighted by Gasteiger charge is 2.13. The molecule has 0 saturated carbocycles. The predicted octanol–water partition coefficient (Wildman–Crippen LogP) is 7.71. The molecule has 0 N–H and O–H groups in total. The van der Waals surface area contributed by atoms with Crippen molar-refractivity contribution in [1.29, 1.82) is 0 Å². The fourth-order valence-corrected chi connectivity index (χ4v) is 3.87. The van der Waals surface area contributed by atoms with Gasteiger partial charge in [-0.05, 0) is 65.6 Å². The number of rotatable bonds is 8. The lowest BCUT2D eigenvalue weighted by Crippen LogP contribution is -2.05. The molecule has 3 aromatic rings. The van der Waals surface area contributed by atoms with E-state index in [9.17, 15) is 0 Å². The summed E-state index contributed by atoms with van der Waals surface area (Å²) in [6, 6.07) is 21.0. The molecule has 0 aliphatic carbocycles. The third-order valence-electron chi connectivity index (χ3n) is 5.46. The Labute approximate surface area is 181 Å². The van der Waals surface area contributed by atoms with Crippen LogP contribution in [0.4, 0.5) is 0 Å². The van der Waals surface area contributed by atoms with Crippen LogP contribution >= 0.6 is 0 Å². The van der Waals surface area contributed by atoms with Crippen LogP contribution in [0.15, 0.2) is 60.7 Å². The van der Waals surface area contributed by atoms with Gasteiger partial charge in [0.2, 0.25) is 0 Å². The Morgan fingerprint density at radius 1 is 0.667 bits per heavy atom. The Balaban J connectivity index is 1.70. The third kappa shape index (κ3) is 5.66. The van der Waals surface area contributed by atoms with Crippen LogP contribution in [0.1, 0.15) is 72.9 Å². The van der Waals surface area contributed by atoms with Crippen molar-refractivity contribution < 1.29 is 9.47 Å². The summed E-state index contributed by atoms with van der Waals surface area (Å²) in [5, 5.41) is 0. The van der Waals surface area contributed by atoms with Crippen LogP contribution in [-0.4, -0.2) is 0 Å². The van der Waals surface area contributed by atoms with Gasteiger partial charge in [-0.15, -0.1) is 0 Å². The first-order valence-electron chi connectivity index (χ1n) is 10.9. The van der Waals surface area contributed by atoms with Gasteiger partial charge in [-0.25, -0.2) is 0 Å². The molecule has 3 rings (SSSR count). The normalized spacial score (nSPS) is 11.2. The van der Waals surface area contributed by atoms with E-state index in [0.29, 0.717) is 25.0 Å². The number of hydrogen-bond donors (Lipinski definition) is 0. The van der Waals surface area contributed by atoms with E-state index in [4.69, 9.17) is 9.47 Å². The van der Waals surface area contributed by atoms with Crippen LogP contribution in [0.2, 0.25) is 0 Å². The van der Waals surface area contributed by atoms with Crippen molar-refractivity contribution >= 4 is 0 Å². The average molecular weight is 403 g/mol. The molecule has 3 aromatic carbocycles.